The number of rotatable bonds is 3. The van der Waals surface area contributed by atoms with Crippen LogP contribution in [0, 0.1) is 11.6 Å². The van der Waals surface area contributed by atoms with Gasteiger partial charge in [0.2, 0.25) is 10.0 Å². The first-order valence-electron chi connectivity index (χ1n) is 8.35. The second kappa shape index (κ2) is 5.67. The molecule has 0 aliphatic carbocycles. The molecule has 3 aliphatic heterocycles. The molecule has 0 saturated carbocycles. The fourth-order valence-corrected chi connectivity index (χ4v) is 5.81. The van der Waals surface area contributed by atoms with E-state index in [1.54, 1.807) is 16.6 Å². The number of nitrogens with zero attached hydrogens (tertiary/aromatic N) is 6. The predicted octanol–water partition coefficient (Wildman–Crippen LogP) is 1.05. The lowest BCUT2D eigenvalue weighted by Crippen LogP contribution is -2.70. The maximum absolute atomic E-state index is 14.0. The lowest BCUT2D eigenvalue weighted by atomic mass is 9.91. The SMILES string of the molecule is O=S(=O)(c1c(F)cccc1F)N1C2CC1CN(c1ccc3nncn3n1)C2. The quantitative estimate of drug-likeness (QED) is 0.663. The summed E-state index contributed by atoms with van der Waals surface area (Å²) >= 11 is 0. The Balaban J connectivity index is 1.43. The summed E-state index contributed by atoms with van der Waals surface area (Å²) in [6.45, 7) is 0.791. The highest BCUT2D eigenvalue weighted by Gasteiger charge is 2.52. The molecular formula is C16H14F2N6O2S. The van der Waals surface area contributed by atoms with E-state index in [0.29, 0.717) is 31.0 Å². The van der Waals surface area contributed by atoms with Gasteiger partial charge in [0.25, 0.3) is 0 Å². The summed E-state index contributed by atoms with van der Waals surface area (Å²) in [4.78, 5) is 1.08. The van der Waals surface area contributed by atoms with Gasteiger partial charge in [-0.3, -0.25) is 0 Å². The summed E-state index contributed by atoms with van der Waals surface area (Å²) in [5.41, 5.74) is 0.611. The number of sulfonamides is 1. The minimum atomic E-state index is -4.24. The van der Waals surface area contributed by atoms with Crippen molar-refractivity contribution in [3.8, 4) is 0 Å². The zero-order valence-corrected chi connectivity index (χ0v) is 14.7. The average Bonchev–Trinajstić information content (AvgIpc) is 3.08. The monoisotopic (exact) mass is 392 g/mol. The maximum atomic E-state index is 14.0. The van der Waals surface area contributed by atoms with E-state index >= 15 is 0 Å². The van der Waals surface area contributed by atoms with Gasteiger partial charge in [-0.2, -0.15) is 8.82 Å². The van der Waals surface area contributed by atoms with Gasteiger partial charge >= 0.3 is 0 Å². The van der Waals surface area contributed by atoms with Crippen LogP contribution < -0.4 is 4.90 Å². The van der Waals surface area contributed by atoms with Gasteiger partial charge in [0.1, 0.15) is 23.8 Å². The zero-order chi connectivity index (χ0) is 18.8. The van der Waals surface area contributed by atoms with Crippen molar-refractivity contribution >= 4 is 21.5 Å². The molecule has 3 saturated heterocycles. The number of benzene rings is 1. The molecule has 0 spiro atoms. The Bertz CT molecular complexity index is 1120. The fourth-order valence-electron chi connectivity index (χ4n) is 3.88. The molecule has 6 rings (SSSR count). The molecule has 2 bridgehead atoms. The van der Waals surface area contributed by atoms with Crippen molar-refractivity contribution in [2.45, 2.75) is 23.4 Å². The highest BCUT2D eigenvalue weighted by Crippen LogP contribution is 2.39. The molecule has 2 aromatic heterocycles. The molecule has 3 aliphatic rings. The molecule has 8 nitrogen and oxygen atoms in total. The van der Waals surface area contributed by atoms with Crippen LogP contribution in [0.4, 0.5) is 14.6 Å². The molecule has 27 heavy (non-hydrogen) atoms. The van der Waals surface area contributed by atoms with Crippen molar-refractivity contribution < 1.29 is 17.2 Å². The molecule has 3 aromatic rings. The number of piperidine rings is 1. The molecule has 2 atom stereocenters. The number of piperazine rings is 1. The van der Waals surface area contributed by atoms with E-state index in [9.17, 15) is 17.2 Å². The van der Waals surface area contributed by atoms with Crippen molar-refractivity contribution in [1.29, 1.82) is 0 Å². The van der Waals surface area contributed by atoms with Crippen molar-refractivity contribution in [3.63, 3.8) is 0 Å². The second-order valence-electron chi connectivity index (χ2n) is 6.66. The Morgan fingerprint density at radius 1 is 1.04 bits per heavy atom. The fraction of sp³-hybridized carbons (Fsp3) is 0.312. The molecular weight excluding hydrogens is 378 g/mol. The van der Waals surface area contributed by atoms with Gasteiger partial charge in [-0.15, -0.1) is 15.3 Å². The Labute approximate surface area is 153 Å². The Kier molecular flexibility index (Phi) is 3.46. The highest BCUT2D eigenvalue weighted by atomic mass is 32.2. The number of hydrogen-bond acceptors (Lipinski definition) is 6. The minimum absolute atomic E-state index is 0.355. The van der Waals surface area contributed by atoms with E-state index in [-0.39, 0.29) is 12.1 Å². The van der Waals surface area contributed by atoms with Gasteiger partial charge in [0, 0.05) is 25.2 Å². The summed E-state index contributed by atoms with van der Waals surface area (Å²) in [7, 11) is -4.24. The van der Waals surface area contributed by atoms with E-state index < -0.39 is 26.6 Å². The highest BCUT2D eigenvalue weighted by molar-refractivity contribution is 7.89. The Hall–Kier alpha value is -2.66. The zero-order valence-electron chi connectivity index (χ0n) is 13.9. The Morgan fingerprint density at radius 2 is 1.74 bits per heavy atom. The standard InChI is InChI=1S/C16H14F2N6O2S/c17-12-2-1-3-13(18)16(12)27(25,26)24-10-6-11(24)8-22(7-10)15-5-4-14-20-19-9-23(14)21-15/h1-5,9-11H,6-8H2. The van der Waals surface area contributed by atoms with E-state index in [2.05, 4.69) is 15.3 Å². The molecule has 2 unspecified atom stereocenters. The summed E-state index contributed by atoms with van der Waals surface area (Å²) < 4.78 is 56.5. The Morgan fingerprint density at radius 3 is 2.44 bits per heavy atom. The number of hydrogen-bond donors (Lipinski definition) is 0. The third-order valence-electron chi connectivity index (χ3n) is 5.05. The van der Waals surface area contributed by atoms with Gasteiger partial charge in [0.15, 0.2) is 10.5 Å². The summed E-state index contributed by atoms with van der Waals surface area (Å²) in [6.07, 6.45) is 2.14. The van der Waals surface area contributed by atoms with Crippen LogP contribution in [-0.2, 0) is 10.0 Å². The lowest BCUT2D eigenvalue weighted by Gasteiger charge is -2.55. The molecule has 5 heterocycles. The summed E-state index contributed by atoms with van der Waals surface area (Å²) in [6, 6.07) is 5.92. The van der Waals surface area contributed by atoms with E-state index in [1.807, 2.05) is 4.90 Å². The molecule has 140 valence electrons. The van der Waals surface area contributed by atoms with E-state index in [4.69, 9.17) is 0 Å². The van der Waals surface area contributed by atoms with Crippen LogP contribution in [-0.4, -0.2) is 57.7 Å². The molecule has 0 radical (unpaired) electrons. The number of anilines is 1. The number of fused-ring (bicyclic) bond motifs is 3. The van der Waals surface area contributed by atoms with Crippen LogP contribution in [0.2, 0.25) is 0 Å². The van der Waals surface area contributed by atoms with Crippen molar-refractivity contribution in [2.75, 3.05) is 18.0 Å². The maximum Gasteiger partial charge on any atom is 0.249 e. The van der Waals surface area contributed by atoms with E-state index in [1.165, 1.54) is 10.6 Å². The lowest BCUT2D eigenvalue weighted by molar-refractivity contribution is 0.0867. The van der Waals surface area contributed by atoms with Crippen molar-refractivity contribution in [1.82, 2.24) is 24.1 Å². The average molecular weight is 392 g/mol. The summed E-state index contributed by atoms with van der Waals surface area (Å²) in [5.74, 6) is -1.47. The van der Waals surface area contributed by atoms with E-state index in [0.717, 1.165) is 18.2 Å². The van der Waals surface area contributed by atoms with Gasteiger partial charge in [-0.05, 0) is 30.7 Å². The normalized spacial score (nSPS) is 22.8. The van der Waals surface area contributed by atoms with Crippen LogP contribution in [0.3, 0.4) is 0 Å². The van der Waals surface area contributed by atoms with Crippen LogP contribution in [0.1, 0.15) is 6.42 Å². The van der Waals surface area contributed by atoms with Gasteiger partial charge < -0.3 is 4.90 Å². The van der Waals surface area contributed by atoms with Crippen molar-refractivity contribution in [2.24, 2.45) is 0 Å². The molecule has 11 heteroatoms. The second-order valence-corrected chi connectivity index (χ2v) is 8.44. The van der Waals surface area contributed by atoms with Crippen LogP contribution >= 0.6 is 0 Å². The third-order valence-corrected chi connectivity index (χ3v) is 7.11. The molecule has 3 fully saturated rings. The smallest absolute Gasteiger partial charge is 0.249 e. The van der Waals surface area contributed by atoms with Gasteiger partial charge in [0.05, 0.1) is 0 Å². The van der Waals surface area contributed by atoms with Crippen LogP contribution in [0.5, 0.6) is 0 Å². The number of aromatic nitrogens is 4. The van der Waals surface area contributed by atoms with Crippen molar-refractivity contribution in [3.05, 3.63) is 48.3 Å². The van der Waals surface area contributed by atoms with Gasteiger partial charge in [-0.25, -0.2) is 17.2 Å². The molecule has 0 amide bonds. The molecule has 1 aromatic carbocycles. The predicted molar refractivity (Wildman–Crippen MR) is 90.6 cm³/mol. The minimum Gasteiger partial charge on any atom is -0.352 e. The number of halogens is 2. The van der Waals surface area contributed by atoms with Crippen LogP contribution in [0.15, 0.2) is 41.6 Å². The first kappa shape index (κ1) is 16.5. The van der Waals surface area contributed by atoms with Gasteiger partial charge in [-0.1, -0.05) is 6.07 Å². The molecule has 0 N–H and O–H groups in total. The topological polar surface area (TPSA) is 83.7 Å². The first-order chi connectivity index (χ1) is 12.9. The largest absolute Gasteiger partial charge is 0.352 e. The van der Waals surface area contributed by atoms with Crippen LogP contribution in [0.25, 0.3) is 5.65 Å². The summed E-state index contributed by atoms with van der Waals surface area (Å²) in [5, 5.41) is 12.1. The first-order valence-corrected chi connectivity index (χ1v) is 9.79. The third kappa shape index (κ3) is 2.42.